The van der Waals surface area contributed by atoms with Gasteiger partial charge in [0, 0.05) is 23.2 Å². The maximum atomic E-state index is 8.36. The molecule has 0 fully saturated rings. The number of nitrogens with zero attached hydrogens (tertiary/aromatic N) is 2. The van der Waals surface area contributed by atoms with E-state index < -0.39 is 36.3 Å². The standard InChI is InChI=1S/C24H16N2/c1-3-7-17(8-4-1)19-13-15-25-23-21(19)11-12-22-20(14-16-26-24(22)23)18-9-5-2-6-10-18/h1-16H/i1D,2D,3D,4D,5D,6D,7D,8D,9D,10D. The number of hydrogen-bond acceptors (Lipinski definition) is 2. The van der Waals surface area contributed by atoms with Crippen LogP contribution in [0.2, 0.25) is 0 Å². The Morgan fingerprint density at radius 1 is 0.538 bits per heavy atom. The number of benzene rings is 3. The van der Waals surface area contributed by atoms with Crippen LogP contribution in [0.3, 0.4) is 0 Å². The lowest BCUT2D eigenvalue weighted by atomic mass is 9.97. The molecule has 0 unspecified atom stereocenters. The van der Waals surface area contributed by atoms with E-state index in [2.05, 4.69) is 9.97 Å². The van der Waals surface area contributed by atoms with Crippen LogP contribution >= 0.6 is 0 Å². The maximum absolute atomic E-state index is 8.36. The molecule has 26 heavy (non-hydrogen) atoms. The molecule has 5 aromatic rings. The van der Waals surface area contributed by atoms with Crippen LogP contribution in [0.1, 0.15) is 13.7 Å². The van der Waals surface area contributed by atoms with Crippen LogP contribution in [-0.4, -0.2) is 9.97 Å². The first-order valence-corrected chi connectivity index (χ1v) is 7.87. The summed E-state index contributed by atoms with van der Waals surface area (Å²) in [6.07, 6.45) is 2.91. The Morgan fingerprint density at radius 2 is 0.962 bits per heavy atom. The van der Waals surface area contributed by atoms with Gasteiger partial charge in [-0.2, -0.15) is 0 Å². The minimum Gasteiger partial charge on any atom is -0.254 e. The van der Waals surface area contributed by atoms with Gasteiger partial charge in [-0.3, -0.25) is 9.97 Å². The molecule has 0 amide bonds. The average molecular weight is 342 g/mol. The van der Waals surface area contributed by atoms with Crippen LogP contribution in [0.15, 0.2) is 97.1 Å². The largest absolute Gasteiger partial charge is 0.254 e. The van der Waals surface area contributed by atoms with Crippen molar-refractivity contribution in [3.63, 3.8) is 0 Å². The Kier molecular flexibility index (Phi) is 1.82. The third-order valence-corrected chi connectivity index (χ3v) is 4.16. The molecular formula is C24H16N2. The van der Waals surface area contributed by atoms with Gasteiger partial charge in [0.15, 0.2) is 0 Å². The van der Waals surface area contributed by atoms with Gasteiger partial charge in [0.05, 0.1) is 24.7 Å². The van der Waals surface area contributed by atoms with Crippen LogP contribution in [0.25, 0.3) is 44.1 Å². The highest BCUT2D eigenvalue weighted by Gasteiger charge is 2.11. The minimum atomic E-state index is -0.484. The Hall–Kier alpha value is -3.52. The highest BCUT2D eigenvalue weighted by atomic mass is 14.7. The SMILES string of the molecule is [2H]c1c([2H])c([2H])c(-c2ccnc3c2ccc2c(-c4c([2H])c([2H])c([2H])c([2H])c4[2H])ccnc23)c([2H])c1[2H]. The molecule has 0 spiro atoms. The number of rotatable bonds is 2. The Balaban J connectivity index is 1.86. The van der Waals surface area contributed by atoms with Gasteiger partial charge in [-0.15, -0.1) is 0 Å². The molecule has 122 valence electrons. The Morgan fingerprint density at radius 3 is 1.38 bits per heavy atom. The molecular weight excluding hydrogens is 316 g/mol. The van der Waals surface area contributed by atoms with E-state index in [-0.39, 0.29) is 35.3 Å². The van der Waals surface area contributed by atoms with Gasteiger partial charge < -0.3 is 0 Å². The summed E-state index contributed by atoms with van der Waals surface area (Å²) < 4.78 is 81.3. The zero-order chi connectivity index (χ0) is 26.0. The van der Waals surface area contributed by atoms with E-state index in [4.69, 9.17) is 13.7 Å². The fourth-order valence-electron chi connectivity index (χ4n) is 3.03. The van der Waals surface area contributed by atoms with Crippen molar-refractivity contribution in [1.29, 1.82) is 0 Å². The van der Waals surface area contributed by atoms with E-state index >= 15 is 0 Å². The Labute approximate surface area is 165 Å². The van der Waals surface area contributed by atoms with Crippen LogP contribution in [0.4, 0.5) is 0 Å². The quantitative estimate of drug-likeness (QED) is 0.361. The second kappa shape index (κ2) is 6.08. The van der Waals surface area contributed by atoms with Gasteiger partial charge in [-0.05, 0) is 34.4 Å². The monoisotopic (exact) mass is 342 g/mol. The summed E-state index contributed by atoms with van der Waals surface area (Å²) in [6, 6.07) is 2.37. The lowest BCUT2D eigenvalue weighted by Crippen LogP contribution is -1.90. The number of fused-ring (bicyclic) bond motifs is 3. The molecule has 0 N–H and O–H groups in total. The van der Waals surface area contributed by atoms with Gasteiger partial charge in [0.1, 0.15) is 0 Å². The van der Waals surface area contributed by atoms with Crippen LogP contribution in [0.5, 0.6) is 0 Å². The van der Waals surface area contributed by atoms with E-state index in [1.54, 1.807) is 24.3 Å². The van der Waals surface area contributed by atoms with Gasteiger partial charge in [0.2, 0.25) is 0 Å². The van der Waals surface area contributed by atoms with Gasteiger partial charge in [0.25, 0.3) is 0 Å². The lowest BCUT2D eigenvalue weighted by Gasteiger charge is -2.11. The van der Waals surface area contributed by atoms with Crippen molar-refractivity contribution in [1.82, 2.24) is 9.97 Å². The van der Waals surface area contributed by atoms with E-state index in [9.17, 15) is 0 Å². The predicted octanol–water partition coefficient (Wildman–Crippen LogP) is 6.12. The number of hydrogen-bond donors (Lipinski definition) is 0. The third kappa shape index (κ3) is 2.35. The molecule has 2 nitrogen and oxygen atoms in total. The van der Waals surface area contributed by atoms with Crippen molar-refractivity contribution in [2.24, 2.45) is 0 Å². The van der Waals surface area contributed by atoms with Crippen LogP contribution in [-0.2, 0) is 0 Å². The molecule has 0 radical (unpaired) electrons. The molecule has 0 saturated heterocycles. The third-order valence-electron chi connectivity index (χ3n) is 4.16. The summed E-state index contributed by atoms with van der Waals surface area (Å²) >= 11 is 0. The van der Waals surface area contributed by atoms with Crippen LogP contribution < -0.4 is 0 Å². The summed E-state index contributed by atoms with van der Waals surface area (Å²) in [5.41, 5.74) is 1.60. The normalized spacial score (nSPS) is 16.5. The highest BCUT2D eigenvalue weighted by molar-refractivity contribution is 6.11. The summed E-state index contributed by atoms with van der Waals surface area (Å²) in [6.45, 7) is 0. The molecule has 0 atom stereocenters. The smallest absolute Gasteiger partial charge is 0.0970 e. The first-order valence-electron chi connectivity index (χ1n) is 12.9. The highest BCUT2D eigenvalue weighted by Crippen LogP contribution is 2.34. The molecule has 2 aromatic heterocycles. The number of aromatic nitrogens is 2. The maximum Gasteiger partial charge on any atom is 0.0970 e. The van der Waals surface area contributed by atoms with Crippen molar-refractivity contribution in [2.75, 3.05) is 0 Å². The van der Waals surface area contributed by atoms with Gasteiger partial charge in [-0.1, -0.05) is 72.6 Å². The topological polar surface area (TPSA) is 25.8 Å². The minimum absolute atomic E-state index is 0.0366. The zero-order valence-corrected chi connectivity index (χ0v) is 13.4. The molecule has 0 bridgehead atoms. The van der Waals surface area contributed by atoms with E-state index in [0.29, 0.717) is 32.9 Å². The molecule has 5 rings (SSSR count). The van der Waals surface area contributed by atoms with Crippen LogP contribution in [0, 0.1) is 0 Å². The fraction of sp³-hybridized carbons (Fsp3) is 0. The van der Waals surface area contributed by atoms with E-state index in [1.165, 1.54) is 12.4 Å². The summed E-state index contributed by atoms with van der Waals surface area (Å²) in [5, 5.41) is 0.989. The number of pyridine rings is 2. The molecule has 0 aliphatic rings. The van der Waals surface area contributed by atoms with Gasteiger partial charge >= 0.3 is 0 Å². The molecule has 0 aliphatic carbocycles. The first-order chi connectivity index (χ1) is 17.1. The predicted molar refractivity (Wildman–Crippen MR) is 108 cm³/mol. The lowest BCUT2D eigenvalue weighted by molar-refractivity contribution is 1.37. The Bertz CT molecular complexity index is 1560. The second-order valence-corrected chi connectivity index (χ2v) is 5.57. The van der Waals surface area contributed by atoms with Gasteiger partial charge in [-0.25, -0.2) is 0 Å². The summed E-state index contributed by atoms with van der Waals surface area (Å²) in [5.74, 6) is 0. The molecule has 2 heterocycles. The first kappa shape index (κ1) is 7.79. The molecule has 3 aromatic carbocycles. The second-order valence-electron chi connectivity index (χ2n) is 5.57. The molecule has 2 heteroatoms. The molecule has 0 saturated carbocycles. The zero-order valence-electron chi connectivity index (χ0n) is 23.4. The van der Waals surface area contributed by atoms with E-state index in [1.807, 2.05) is 0 Å². The summed E-state index contributed by atoms with van der Waals surface area (Å²) in [7, 11) is 0. The fourth-order valence-corrected chi connectivity index (χ4v) is 3.03. The summed E-state index contributed by atoms with van der Waals surface area (Å²) in [4.78, 5) is 8.87. The van der Waals surface area contributed by atoms with Crippen molar-refractivity contribution >= 4 is 21.8 Å². The van der Waals surface area contributed by atoms with Crippen molar-refractivity contribution < 1.29 is 13.7 Å². The average Bonchev–Trinajstić information content (AvgIpc) is 2.88. The molecule has 0 aliphatic heterocycles. The van der Waals surface area contributed by atoms with Crippen molar-refractivity contribution in [3.05, 3.63) is 97.1 Å². The van der Waals surface area contributed by atoms with Crippen molar-refractivity contribution in [2.45, 2.75) is 0 Å². The van der Waals surface area contributed by atoms with E-state index in [0.717, 1.165) is 0 Å². The van der Waals surface area contributed by atoms with Crippen molar-refractivity contribution in [3.8, 4) is 22.3 Å².